The molecule has 1 rings (SSSR count). The summed E-state index contributed by atoms with van der Waals surface area (Å²) in [6, 6.07) is 5.43. The molecule has 0 heterocycles. The number of Topliss-reactive ketones (excluding diaryl/α,β-unsaturated/α-hetero) is 1. The lowest BCUT2D eigenvalue weighted by Gasteiger charge is -2.25. The van der Waals surface area contributed by atoms with Gasteiger partial charge in [0.15, 0.2) is 11.7 Å². The molecule has 0 fully saturated rings. The van der Waals surface area contributed by atoms with Gasteiger partial charge in [-0.3, -0.25) is 34.2 Å². The van der Waals surface area contributed by atoms with Crippen molar-refractivity contribution >= 4 is 41.3 Å². The molecular formula is C34H55N7O7. The molecule has 1 aromatic rings. The van der Waals surface area contributed by atoms with Gasteiger partial charge in [-0.1, -0.05) is 83.2 Å². The highest BCUT2D eigenvalue weighted by Gasteiger charge is 2.31. The van der Waals surface area contributed by atoms with Crippen molar-refractivity contribution in [1.82, 2.24) is 26.6 Å². The number of aliphatic carboxylic acids is 1. The number of carboxylic acids is 1. The molecule has 4 amide bonds. The molecule has 268 valence electrons. The van der Waals surface area contributed by atoms with E-state index in [0.717, 1.165) is 37.7 Å². The van der Waals surface area contributed by atoms with Crippen molar-refractivity contribution in [2.45, 2.75) is 110 Å². The van der Waals surface area contributed by atoms with Crippen LogP contribution in [0.1, 0.15) is 91.0 Å². The van der Waals surface area contributed by atoms with Gasteiger partial charge in [0.1, 0.15) is 12.1 Å². The Bertz CT molecular complexity index is 1210. The van der Waals surface area contributed by atoms with Crippen LogP contribution in [0.15, 0.2) is 30.3 Å². The summed E-state index contributed by atoms with van der Waals surface area (Å²) >= 11 is 0. The smallest absolute Gasteiger partial charge is 0.305 e. The molecule has 4 atom stereocenters. The van der Waals surface area contributed by atoms with Crippen LogP contribution in [-0.2, 0) is 35.2 Å². The van der Waals surface area contributed by atoms with Gasteiger partial charge < -0.3 is 37.4 Å². The molecule has 3 unspecified atom stereocenters. The lowest BCUT2D eigenvalue weighted by molar-refractivity contribution is -0.141. The molecule has 0 saturated carbocycles. The fourth-order valence-corrected chi connectivity index (χ4v) is 5.17. The van der Waals surface area contributed by atoms with Gasteiger partial charge in [0.05, 0.1) is 19.0 Å². The first-order chi connectivity index (χ1) is 22.7. The fraction of sp³-hybridized carbons (Fsp3) is 0.618. The molecule has 14 heteroatoms. The zero-order valence-corrected chi connectivity index (χ0v) is 28.7. The molecule has 0 aliphatic carbocycles. The van der Waals surface area contributed by atoms with E-state index in [4.69, 9.17) is 11.1 Å². The summed E-state index contributed by atoms with van der Waals surface area (Å²) in [5.41, 5.74) is 6.00. The maximum absolute atomic E-state index is 13.5. The molecule has 0 aliphatic rings. The number of benzene rings is 1. The normalized spacial score (nSPS) is 13.4. The molecule has 0 bridgehead atoms. The second-order valence-corrected chi connectivity index (χ2v) is 12.4. The Morgan fingerprint density at radius 2 is 1.42 bits per heavy atom. The van der Waals surface area contributed by atoms with Gasteiger partial charge in [-0.05, 0) is 37.7 Å². The maximum Gasteiger partial charge on any atom is 0.305 e. The summed E-state index contributed by atoms with van der Waals surface area (Å²) in [5, 5.41) is 29.6. The summed E-state index contributed by atoms with van der Waals surface area (Å²) in [5.74, 6) is -4.89. The highest BCUT2D eigenvalue weighted by molar-refractivity contribution is 5.96. The number of unbranched alkanes of at least 4 members (excludes halogenated alkanes) is 4. The molecule has 9 N–H and O–H groups in total. The Hall–Kier alpha value is -4.49. The summed E-state index contributed by atoms with van der Waals surface area (Å²) in [7, 11) is 0. The maximum atomic E-state index is 13.5. The summed E-state index contributed by atoms with van der Waals surface area (Å²) in [4.78, 5) is 76.5. The van der Waals surface area contributed by atoms with E-state index in [-0.39, 0.29) is 30.0 Å². The first-order valence-electron chi connectivity index (χ1n) is 16.8. The van der Waals surface area contributed by atoms with Gasteiger partial charge in [-0.2, -0.15) is 0 Å². The van der Waals surface area contributed by atoms with Gasteiger partial charge in [0.2, 0.25) is 23.6 Å². The Morgan fingerprint density at radius 1 is 0.792 bits per heavy atom. The van der Waals surface area contributed by atoms with E-state index in [1.807, 2.05) is 13.8 Å². The minimum atomic E-state index is -1.54. The number of carbonyl (C=O) groups excluding carboxylic acids is 5. The number of amides is 4. The lowest BCUT2D eigenvalue weighted by atomic mass is 9.90. The molecule has 48 heavy (non-hydrogen) atoms. The molecule has 0 aromatic heterocycles. The van der Waals surface area contributed by atoms with Gasteiger partial charge in [-0.25, -0.2) is 0 Å². The van der Waals surface area contributed by atoms with Gasteiger partial charge in [0, 0.05) is 18.9 Å². The predicted molar refractivity (Wildman–Crippen MR) is 183 cm³/mol. The topological polar surface area (TPSA) is 233 Å². The number of nitrogens with one attached hydrogen (secondary N) is 6. The SMILES string of the molecule is CCCCCCCC(NC(=O)[C@@H](Cc1ccccc1)NC(=O)C(CC(=O)O)NC(=O)CNC(=O)C(CCCNC(=N)N)C(C)C)C(C)=O. The van der Waals surface area contributed by atoms with Crippen molar-refractivity contribution in [2.24, 2.45) is 17.6 Å². The van der Waals surface area contributed by atoms with Crippen molar-refractivity contribution in [1.29, 1.82) is 5.41 Å². The number of hydrogen-bond acceptors (Lipinski definition) is 7. The van der Waals surface area contributed by atoms with Crippen molar-refractivity contribution in [3.8, 4) is 0 Å². The highest BCUT2D eigenvalue weighted by atomic mass is 16.4. The van der Waals surface area contributed by atoms with Crippen molar-refractivity contribution in [2.75, 3.05) is 13.1 Å². The van der Waals surface area contributed by atoms with Crippen molar-refractivity contribution in [3.63, 3.8) is 0 Å². The standard InChI is InChI=1S/C34H55N7O7/c1-5-6-7-8-12-17-26(23(4)42)40-32(47)27(19-24-14-10-9-11-15-24)41-33(48)28(20-30(44)45)39-29(43)21-38-31(46)25(22(2)3)16-13-18-37-34(35)36/h9-11,14-15,22,25-28H,5-8,12-13,16-21H2,1-4H3,(H,38,46)(H,39,43)(H,40,47)(H,41,48)(H,44,45)(H4,35,36,37)/t25?,26?,27-,28?/m1/s1. The van der Waals surface area contributed by atoms with Crippen molar-refractivity contribution in [3.05, 3.63) is 35.9 Å². The third kappa shape index (κ3) is 17.4. The number of rotatable bonds is 24. The molecule has 14 nitrogen and oxygen atoms in total. The van der Waals surface area contributed by atoms with Crippen molar-refractivity contribution < 1.29 is 33.9 Å². The summed E-state index contributed by atoms with van der Waals surface area (Å²) < 4.78 is 0. The van der Waals surface area contributed by atoms with E-state index in [9.17, 15) is 33.9 Å². The van der Waals surface area contributed by atoms with E-state index in [0.29, 0.717) is 25.8 Å². The molecule has 0 aliphatic heterocycles. The molecular weight excluding hydrogens is 618 g/mol. The number of guanidine groups is 1. The fourth-order valence-electron chi connectivity index (χ4n) is 5.17. The van der Waals surface area contributed by atoms with Gasteiger partial charge in [-0.15, -0.1) is 0 Å². The Balaban J connectivity index is 2.98. The third-order valence-electron chi connectivity index (χ3n) is 7.92. The van der Waals surface area contributed by atoms with Crippen LogP contribution in [0.3, 0.4) is 0 Å². The lowest BCUT2D eigenvalue weighted by Crippen LogP contribution is -2.57. The largest absolute Gasteiger partial charge is 0.481 e. The van der Waals surface area contributed by atoms with Crippen LogP contribution in [0.2, 0.25) is 0 Å². The van der Waals surface area contributed by atoms with Crippen LogP contribution in [0, 0.1) is 17.2 Å². The van der Waals surface area contributed by atoms with Gasteiger partial charge in [0.25, 0.3) is 0 Å². The second kappa shape index (κ2) is 22.9. The van der Waals surface area contributed by atoms with E-state index in [2.05, 4.69) is 33.5 Å². The molecule has 0 saturated heterocycles. The zero-order valence-electron chi connectivity index (χ0n) is 28.7. The first kappa shape index (κ1) is 41.5. The van der Waals surface area contributed by atoms with Gasteiger partial charge >= 0.3 is 5.97 Å². The van der Waals surface area contributed by atoms with E-state index in [1.165, 1.54) is 6.92 Å². The quantitative estimate of drug-likeness (QED) is 0.0453. The van der Waals surface area contributed by atoms with Crippen LogP contribution >= 0.6 is 0 Å². The van der Waals surface area contributed by atoms with E-state index >= 15 is 0 Å². The Labute approximate surface area is 283 Å². The van der Waals surface area contributed by atoms with Crippen LogP contribution in [-0.4, -0.2) is 77.7 Å². The second-order valence-electron chi connectivity index (χ2n) is 12.4. The van der Waals surface area contributed by atoms with Crippen LogP contribution in [0.25, 0.3) is 0 Å². The third-order valence-corrected chi connectivity index (χ3v) is 7.92. The highest BCUT2D eigenvalue weighted by Crippen LogP contribution is 2.17. The number of nitrogens with two attached hydrogens (primary N) is 1. The summed E-state index contributed by atoms with van der Waals surface area (Å²) in [6.07, 6.45) is 5.64. The minimum absolute atomic E-state index is 0.0488. The number of hydrogen-bond donors (Lipinski definition) is 8. The molecule has 0 spiro atoms. The van der Waals surface area contributed by atoms with Crippen LogP contribution in [0.5, 0.6) is 0 Å². The predicted octanol–water partition coefficient (Wildman–Crippen LogP) is 1.76. The number of carbonyl (C=O) groups is 6. The average Bonchev–Trinajstić information content (AvgIpc) is 3.02. The Morgan fingerprint density at radius 3 is 2.00 bits per heavy atom. The summed E-state index contributed by atoms with van der Waals surface area (Å²) in [6.45, 7) is 7.15. The Kier molecular flexibility index (Phi) is 19.8. The zero-order chi connectivity index (χ0) is 36.1. The minimum Gasteiger partial charge on any atom is -0.481 e. The number of carboxylic acid groups (broad SMARTS) is 1. The monoisotopic (exact) mass is 673 g/mol. The average molecular weight is 674 g/mol. The van der Waals surface area contributed by atoms with Crippen LogP contribution < -0.4 is 32.3 Å². The van der Waals surface area contributed by atoms with E-state index < -0.39 is 60.7 Å². The molecule has 0 radical (unpaired) electrons. The first-order valence-corrected chi connectivity index (χ1v) is 16.8. The van der Waals surface area contributed by atoms with Crippen LogP contribution in [0.4, 0.5) is 0 Å². The number of ketones is 1. The molecule has 1 aromatic carbocycles. The van der Waals surface area contributed by atoms with E-state index in [1.54, 1.807) is 30.3 Å².